The monoisotopic (exact) mass is 283 g/mol. The van der Waals surface area contributed by atoms with E-state index in [0.717, 1.165) is 34.9 Å². The molecule has 0 radical (unpaired) electrons. The van der Waals surface area contributed by atoms with Crippen molar-refractivity contribution in [2.75, 3.05) is 23.3 Å². The average Bonchev–Trinajstić information content (AvgIpc) is 2.98. The number of nitrogens with one attached hydrogen (secondary N) is 1. The van der Waals surface area contributed by atoms with Gasteiger partial charge in [-0.1, -0.05) is 11.3 Å². The minimum atomic E-state index is 0.758. The summed E-state index contributed by atoms with van der Waals surface area (Å²) in [6.45, 7) is 8.99. The molecule has 18 heavy (non-hydrogen) atoms. The van der Waals surface area contributed by atoms with E-state index in [2.05, 4.69) is 39.2 Å². The van der Waals surface area contributed by atoms with Gasteiger partial charge in [-0.25, -0.2) is 4.98 Å². The quantitative estimate of drug-likeness (QED) is 0.883. The van der Waals surface area contributed by atoms with Crippen molar-refractivity contribution in [1.82, 2.24) is 15.2 Å². The minimum absolute atomic E-state index is 0.758. The number of hydrogen-bond donors (Lipinski definition) is 1. The SMILES string of the molecule is CCN(CC)c1ncc(CNc2nnc(C)s2)s1. The van der Waals surface area contributed by atoms with Crippen molar-refractivity contribution in [1.29, 1.82) is 0 Å². The lowest BCUT2D eigenvalue weighted by Crippen LogP contribution is -2.21. The molecule has 2 heterocycles. The van der Waals surface area contributed by atoms with E-state index in [0.29, 0.717) is 0 Å². The zero-order valence-corrected chi connectivity index (χ0v) is 12.4. The van der Waals surface area contributed by atoms with Crippen LogP contribution in [0.1, 0.15) is 23.7 Å². The van der Waals surface area contributed by atoms with Crippen molar-refractivity contribution in [3.63, 3.8) is 0 Å². The molecule has 0 atom stereocenters. The molecule has 0 saturated heterocycles. The van der Waals surface area contributed by atoms with E-state index in [1.54, 1.807) is 22.7 Å². The van der Waals surface area contributed by atoms with Crippen LogP contribution in [-0.4, -0.2) is 28.3 Å². The first-order valence-electron chi connectivity index (χ1n) is 5.96. The van der Waals surface area contributed by atoms with E-state index < -0.39 is 0 Å². The Labute approximate surface area is 115 Å². The number of thiazole rings is 1. The normalized spacial score (nSPS) is 10.6. The topological polar surface area (TPSA) is 53.9 Å². The van der Waals surface area contributed by atoms with Gasteiger partial charge in [0, 0.05) is 24.2 Å². The van der Waals surface area contributed by atoms with Crippen molar-refractivity contribution in [2.24, 2.45) is 0 Å². The fourth-order valence-corrected chi connectivity index (χ4v) is 3.11. The molecule has 0 fully saturated rings. The minimum Gasteiger partial charge on any atom is -0.355 e. The van der Waals surface area contributed by atoms with Crippen LogP contribution in [0.4, 0.5) is 10.3 Å². The van der Waals surface area contributed by atoms with Crippen LogP contribution >= 0.6 is 22.7 Å². The molecule has 0 spiro atoms. The molecule has 2 aromatic rings. The lowest BCUT2D eigenvalue weighted by molar-refractivity contribution is 0.860. The fraction of sp³-hybridized carbons (Fsp3) is 0.545. The summed E-state index contributed by atoms with van der Waals surface area (Å²) >= 11 is 3.29. The molecule has 1 N–H and O–H groups in total. The molecule has 0 aliphatic rings. The zero-order chi connectivity index (χ0) is 13.0. The van der Waals surface area contributed by atoms with E-state index in [1.807, 2.05) is 13.1 Å². The predicted molar refractivity (Wildman–Crippen MR) is 77.6 cm³/mol. The van der Waals surface area contributed by atoms with Crippen molar-refractivity contribution in [3.8, 4) is 0 Å². The molecule has 0 bridgehead atoms. The summed E-state index contributed by atoms with van der Waals surface area (Å²) in [7, 11) is 0. The number of anilines is 2. The fourth-order valence-electron chi connectivity index (χ4n) is 1.55. The van der Waals surface area contributed by atoms with Gasteiger partial charge in [0.25, 0.3) is 0 Å². The third-order valence-electron chi connectivity index (χ3n) is 2.52. The molecule has 0 aliphatic heterocycles. The summed E-state index contributed by atoms with van der Waals surface area (Å²) in [5.74, 6) is 0. The molecule has 7 heteroatoms. The maximum absolute atomic E-state index is 4.45. The summed E-state index contributed by atoms with van der Waals surface area (Å²) in [6, 6.07) is 0. The first-order chi connectivity index (χ1) is 8.72. The molecule has 0 unspecified atom stereocenters. The number of aromatic nitrogens is 3. The van der Waals surface area contributed by atoms with E-state index in [4.69, 9.17) is 0 Å². The van der Waals surface area contributed by atoms with Crippen molar-refractivity contribution >= 4 is 32.9 Å². The van der Waals surface area contributed by atoms with Gasteiger partial charge >= 0.3 is 0 Å². The Bertz CT molecular complexity index is 489. The molecular weight excluding hydrogens is 266 g/mol. The summed E-state index contributed by atoms with van der Waals surface area (Å²) in [5, 5.41) is 14.2. The molecule has 0 aromatic carbocycles. The highest BCUT2D eigenvalue weighted by Crippen LogP contribution is 2.23. The molecule has 98 valence electrons. The number of nitrogens with zero attached hydrogens (tertiary/aromatic N) is 4. The van der Waals surface area contributed by atoms with Gasteiger partial charge in [-0.3, -0.25) is 0 Å². The maximum Gasteiger partial charge on any atom is 0.205 e. The van der Waals surface area contributed by atoms with Crippen LogP contribution in [0.15, 0.2) is 6.20 Å². The number of aryl methyl sites for hydroxylation is 1. The summed E-state index contributed by atoms with van der Waals surface area (Å²) in [6.07, 6.45) is 1.93. The van der Waals surface area contributed by atoms with Gasteiger partial charge in [-0.15, -0.1) is 21.5 Å². The standard InChI is InChI=1S/C11H17N5S2/c1-4-16(5-2)11-13-7-9(18-11)6-12-10-15-14-8(3)17-10/h7H,4-6H2,1-3H3,(H,12,15). The van der Waals surface area contributed by atoms with Crippen molar-refractivity contribution in [2.45, 2.75) is 27.3 Å². The lowest BCUT2D eigenvalue weighted by Gasteiger charge is -2.16. The third-order valence-corrected chi connectivity index (χ3v) is 4.37. The molecule has 0 amide bonds. The van der Waals surface area contributed by atoms with Gasteiger partial charge < -0.3 is 10.2 Å². The summed E-state index contributed by atoms with van der Waals surface area (Å²) in [5.41, 5.74) is 0. The highest BCUT2D eigenvalue weighted by molar-refractivity contribution is 7.16. The molecule has 2 rings (SSSR count). The van der Waals surface area contributed by atoms with Gasteiger partial charge in [0.05, 0.1) is 6.54 Å². The van der Waals surface area contributed by atoms with Gasteiger partial charge in [-0.2, -0.15) is 0 Å². The third kappa shape index (κ3) is 3.17. The molecule has 0 saturated carbocycles. The number of hydrogen-bond acceptors (Lipinski definition) is 7. The van der Waals surface area contributed by atoms with E-state index >= 15 is 0 Å². The predicted octanol–water partition coefficient (Wildman–Crippen LogP) is 2.76. The Hall–Kier alpha value is -1.21. The highest BCUT2D eigenvalue weighted by atomic mass is 32.1. The van der Waals surface area contributed by atoms with Crippen molar-refractivity contribution in [3.05, 3.63) is 16.1 Å². The van der Waals surface area contributed by atoms with Crippen LogP contribution in [0, 0.1) is 6.92 Å². The molecular formula is C11H17N5S2. The van der Waals surface area contributed by atoms with Crippen LogP contribution in [0.3, 0.4) is 0 Å². The Morgan fingerprint density at radius 1 is 1.22 bits per heavy atom. The molecule has 0 aliphatic carbocycles. The Kier molecular flexibility index (Phi) is 4.48. The first kappa shape index (κ1) is 13.2. The van der Waals surface area contributed by atoms with Crippen LogP contribution < -0.4 is 10.2 Å². The second-order valence-electron chi connectivity index (χ2n) is 3.76. The smallest absolute Gasteiger partial charge is 0.205 e. The number of rotatable bonds is 6. The zero-order valence-electron chi connectivity index (χ0n) is 10.8. The van der Waals surface area contributed by atoms with E-state index in [-0.39, 0.29) is 0 Å². The summed E-state index contributed by atoms with van der Waals surface area (Å²) in [4.78, 5) is 7.91. The van der Waals surface area contributed by atoms with Crippen LogP contribution in [-0.2, 0) is 6.54 Å². The highest BCUT2D eigenvalue weighted by Gasteiger charge is 2.08. The van der Waals surface area contributed by atoms with Crippen LogP contribution in [0.25, 0.3) is 0 Å². The second kappa shape index (κ2) is 6.10. The van der Waals surface area contributed by atoms with Gasteiger partial charge in [-0.05, 0) is 20.8 Å². The Morgan fingerprint density at radius 2 is 2.00 bits per heavy atom. The first-order valence-corrected chi connectivity index (χ1v) is 7.59. The largest absolute Gasteiger partial charge is 0.355 e. The summed E-state index contributed by atoms with van der Waals surface area (Å²) < 4.78 is 0. The van der Waals surface area contributed by atoms with E-state index in [9.17, 15) is 0 Å². The van der Waals surface area contributed by atoms with Gasteiger partial charge in [0.15, 0.2) is 5.13 Å². The maximum atomic E-state index is 4.45. The lowest BCUT2D eigenvalue weighted by atomic mass is 10.5. The average molecular weight is 283 g/mol. The van der Waals surface area contributed by atoms with Crippen molar-refractivity contribution < 1.29 is 0 Å². The second-order valence-corrected chi connectivity index (χ2v) is 6.04. The Balaban J connectivity index is 1.94. The Morgan fingerprint density at radius 3 is 2.61 bits per heavy atom. The van der Waals surface area contributed by atoms with Crippen LogP contribution in [0.5, 0.6) is 0 Å². The molecule has 2 aromatic heterocycles. The van der Waals surface area contributed by atoms with Gasteiger partial charge in [0.2, 0.25) is 5.13 Å². The molecule has 5 nitrogen and oxygen atoms in total. The van der Waals surface area contributed by atoms with E-state index in [1.165, 1.54) is 4.88 Å². The van der Waals surface area contributed by atoms with Crippen LogP contribution in [0.2, 0.25) is 0 Å². The van der Waals surface area contributed by atoms with Gasteiger partial charge in [0.1, 0.15) is 5.01 Å².